The van der Waals surface area contributed by atoms with Crippen LogP contribution < -0.4 is 4.90 Å². The Morgan fingerprint density at radius 3 is 1.87 bits per heavy atom. The van der Waals surface area contributed by atoms with Crippen molar-refractivity contribution in [3.63, 3.8) is 0 Å². The fourth-order valence-corrected chi connectivity index (χ4v) is 3.57. The maximum Gasteiger partial charge on any atom is 0.335 e. The van der Waals surface area contributed by atoms with Crippen molar-refractivity contribution in [3.05, 3.63) is 107 Å². The number of amides is 1. The van der Waals surface area contributed by atoms with Gasteiger partial charge < -0.3 is 10.2 Å². The van der Waals surface area contributed by atoms with Gasteiger partial charge in [-0.2, -0.15) is 0 Å². The molecule has 6 nitrogen and oxygen atoms in total. The SMILES string of the molecule is O=C1C(=O)N(c2ccc(C(=O)O)cc2)[C@@H](c2ccccc2)/C1=C(\O)c1ccccc1. The Hall–Kier alpha value is -4.19. The third kappa shape index (κ3) is 3.24. The van der Waals surface area contributed by atoms with E-state index in [0.29, 0.717) is 16.8 Å². The van der Waals surface area contributed by atoms with Crippen LogP contribution in [0.2, 0.25) is 0 Å². The van der Waals surface area contributed by atoms with Crippen LogP contribution in [0.1, 0.15) is 27.5 Å². The molecule has 3 aromatic rings. The second-order valence-corrected chi connectivity index (χ2v) is 6.80. The molecule has 148 valence electrons. The molecule has 1 heterocycles. The van der Waals surface area contributed by atoms with E-state index < -0.39 is 23.7 Å². The summed E-state index contributed by atoms with van der Waals surface area (Å²) < 4.78 is 0. The first-order valence-corrected chi connectivity index (χ1v) is 9.24. The third-order valence-corrected chi connectivity index (χ3v) is 5.00. The van der Waals surface area contributed by atoms with E-state index in [1.54, 1.807) is 54.6 Å². The van der Waals surface area contributed by atoms with Gasteiger partial charge in [0.05, 0.1) is 17.2 Å². The molecule has 30 heavy (non-hydrogen) atoms. The summed E-state index contributed by atoms with van der Waals surface area (Å²) in [5, 5.41) is 20.1. The molecule has 0 aromatic heterocycles. The molecule has 0 saturated carbocycles. The van der Waals surface area contributed by atoms with Gasteiger partial charge in [0.1, 0.15) is 5.76 Å². The number of nitrogens with zero attached hydrogens (tertiary/aromatic N) is 1. The van der Waals surface area contributed by atoms with Gasteiger partial charge in [-0.25, -0.2) is 4.79 Å². The summed E-state index contributed by atoms with van der Waals surface area (Å²) in [5.74, 6) is -2.93. The summed E-state index contributed by atoms with van der Waals surface area (Å²) in [4.78, 5) is 38.4. The summed E-state index contributed by atoms with van der Waals surface area (Å²) in [6.07, 6.45) is 0. The van der Waals surface area contributed by atoms with Crippen LogP contribution >= 0.6 is 0 Å². The number of benzene rings is 3. The maximum absolute atomic E-state index is 13.0. The average molecular weight is 399 g/mol. The van der Waals surface area contributed by atoms with Gasteiger partial charge in [-0.15, -0.1) is 0 Å². The molecule has 1 saturated heterocycles. The fraction of sp³-hybridized carbons (Fsp3) is 0.0417. The standard InChI is InChI=1S/C24H17NO5/c26-21(16-9-5-2-6-10-16)19-20(15-7-3-1-4-8-15)25(23(28)22(19)27)18-13-11-17(12-14-18)24(29)30/h1-14,20,26H,(H,29,30)/b21-19+/t20-/m0/s1. The normalized spacial score (nSPS) is 17.9. The average Bonchev–Trinajstić information content (AvgIpc) is 3.05. The van der Waals surface area contributed by atoms with E-state index in [0.717, 1.165) is 0 Å². The monoisotopic (exact) mass is 399 g/mol. The molecule has 3 aromatic carbocycles. The van der Waals surface area contributed by atoms with E-state index in [1.807, 2.05) is 6.07 Å². The number of carbonyl (C=O) groups excluding carboxylic acids is 2. The van der Waals surface area contributed by atoms with E-state index >= 15 is 0 Å². The number of hydrogen-bond donors (Lipinski definition) is 2. The number of carboxylic acid groups (broad SMARTS) is 1. The van der Waals surface area contributed by atoms with Crippen LogP contribution in [0.3, 0.4) is 0 Å². The highest BCUT2D eigenvalue weighted by molar-refractivity contribution is 6.51. The lowest BCUT2D eigenvalue weighted by Crippen LogP contribution is -2.29. The lowest BCUT2D eigenvalue weighted by molar-refractivity contribution is -0.132. The van der Waals surface area contributed by atoms with E-state index in [-0.39, 0.29) is 16.9 Å². The summed E-state index contributed by atoms with van der Waals surface area (Å²) in [6, 6.07) is 22.3. The number of ketones is 1. The minimum Gasteiger partial charge on any atom is -0.507 e. The van der Waals surface area contributed by atoms with Crippen LogP contribution in [0.5, 0.6) is 0 Å². The zero-order valence-electron chi connectivity index (χ0n) is 15.7. The van der Waals surface area contributed by atoms with Crippen molar-refractivity contribution in [2.45, 2.75) is 6.04 Å². The summed E-state index contributed by atoms with van der Waals surface area (Å²) in [6.45, 7) is 0. The summed E-state index contributed by atoms with van der Waals surface area (Å²) in [7, 11) is 0. The first kappa shape index (κ1) is 19.1. The molecule has 1 amide bonds. The largest absolute Gasteiger partial charge is 0.507 e. The lowest BCUT2D eigenvalue weighted by atomic mass is 9.95. The number of aliphatic hydroxyl groups is 1. The topological polar surface area (TPSA) is 94.9 Å². The van der Waals surface area contributed by atoms with Crippen molar-refractivity contribution in [3.8, 4) is 0 Å². The van der Waals surface area contributed by atoms with Crippen molar-refractivity contribution < 1.29 is 24.6 Å². The van der Waals surface area contributed by atoms with Crippen molar-refractivity contribution >= 4 is 29.1 Å². The zero-order valence-corrected chi connectivity index (χ0v) is 15.7. The molecule has 0 bridgehead atoms. The Balaban J connectivity index is 1.91. The fourth-order valence-electron chi connectivity index (χ4n) is 3.57. The quantitative estimate of drug-likeness (QED) is 0.393. The molecule has 0 aliphatic carbocycles. The predicted octanol–water partition coefficient (Wildman–Crippen LogP) is 4.01. The smallest absolute Gasteiger partial charge is 0.335 e. The Bertz CT molecular complexity index is 1150. The van der Waals surface area contributed by atoms with Gasteiger partial charge in [-0.3, -0.25) is 14.5 Å². The van der Waals surface area contributed by atoms with Gasteiger partial charge in [-0.05, 0) is 29.8 Å². The van der Waals surface area contributed by atoms with Crippen LogP contribution in [0.25, 0.3) is 5.76 Å². The van der Waals surface area contributed by atoms with Crippen molar-refractivity contribution in [2.24, 2.45) is 0 Å². The number of Topliss-reactive ketones (excluding diaryl/α,β-unsaturated/α-hetero) is 1. The number of carboxylic acids is 1. The molecular weight excluding hydrogens is 382 g/mol. The number of aromatic carboxylic acids is 1. The highest BCUT2D eigenvalue weighted by Crippen LogP contribution is 2.42. The molecule has 1 aliphatic rings. The molecule has 1 atom stereocenters. The summed E-state index contributed by atoms with van der Waals surface area (Å²) in [5.41, 5.74) is 1.49. The number of hydrogen-bond acceptors (Lipinski definition) is 4. The van der Waals surface area contributed by atoms with Crippen molar-refractivity contribution in [1.29, 1.82) is 0 Å². The zero-order chi connectivity index (χ0) is 21.3. The Morgan fingerprint density at radius 1 is 0.733 bits per heavy atom. The molecule has 1 aliphatic heterocycles. The highest BCUT2D eigenvalue weighted by Gasteiger charge is 2.46. The number of aliphatic hydroxyl groups excluding tert-OH is 1. The van der Waals surface area contributed by atoms with Crippen LogP contribution in [-0.4, -0.2) is 27.9 Å². The van der Waals surface area contributed by atoms with Gasteiger partial charge in [0.15, 0.2) is 0 Å². The van der Waals surface area contributed by atoms with Crippen molar-refractivity contribution in [2.75, 3.05) is 4.90 Å². The highest BCUT2D eigenvalue weighted by atomic mass is 16.4. The van der Waals surface area contributed by atoms with Gasteiger partial charge in [0.2, 0.25) is 0 Å². The molecule has 1 fully saturated rings. The minimum atomic E-state index is -1.09. The van der Waals surface area contributed by atoms with Crippen LogP contribution in [0.4, 0.5) is 5.69 Å². The van der Waals surface area contributed by atoms with E-state index in [9.17, 15) is 19.5 Å². The first-order chi connectivity index (χ1) is 14.5. The lowest BCUT2D eigenvalue weighted by Gasteiger charge is -2.25. The number of anilines is 1. The molecular formula is C24H17NO5. The second-order valence-electron chi connectivity index (χ2n) is 6.80. The number of carbonyl (C=O) groups is 3. The number of rotatable bonds is 4. The van der Waals surface area contributed by atoms with Crippen LogP contribution in [-0.2, 0) is 9.59 Å². The Morgan fingerprint density at radius 2 is 1.30 bits per heavy atom. The molecule has 6 heteroatoms. The Labute approximate surface area is 172 Å². The first-order valence-electron chi connectivity index (χ1n) is 9.24. The second kappa shape index (κ2) is 7.67. The van der Waals surface area contributed by atoms with Gasteiger partial charge in [0.25, 0.3) is 11.7 Å². The molecule has 4 rings (SSSR count). The predicted molar refractivity (Wildman–Crippen MR) is 111 cm³/mol. The van der Waals surface area contributed by atoms with Gasteiger partial charge in [-0.1, -0.05) is 60.7 Å². The minimum absolute atomic E-state index is 0.0142. The molecule has 0 unspecified atom stereocenters. The van der Waals surface area contributed by atoms with E-state index in [4.69, 9.17) is 5.11 Å². The van der Waals surface area contributed by atoms with Crippen LogP contribution in [0.15, 0.2) is 90.5 Å². The third-order valence-electron chi connectivity index (χ3n) is 5.00. The maximum atomic E-state index is 13.0. The van der Waals surface area contributed by atoms with Crippen molar-refractivity contribution in [1.82, 2.24) is 0 Å². The van der Waals surface area contributed by atoms with Crippen LogP contribution in [0, 0.1) is 0 Å². The molecule has 2 N–H and O–H groups in total. The van der Waals surface area contributed by atoms with E-state index in [1.165, 1.54) is 29.2 Å². The summed E-state index contributed by atoms with van der Waals surface area (Å²) >= 11 is 0. The molecule has 0 radical (unpaired) electrons. The molecule has 0 spiro atoms. The van der Waals surface area contributed by atoms with Gasteiger partial charge in [0, 0.05) is 11.3 Å². The van der Waals surface area contributed by atoms with Gasteiger partial charge >= 0.3 is 5.97 Å². The Kier molecular flexibility index (Phi) is 4.90. The van der Waals surface area contributed by atoms with E-state index in [2.05, 4.69) is 0 Å².